The van der Waals surface area contributed by atoms with Crippen molar-refractivity contribution in [2.24, 2.45) is 5.92 Å². The summed E-state index contributed by atoms with van der Waals surface area (Å²) in [7, 11) is 0. The zero-order chi connectivity index (χ0) is 37.8. The van der Waals surface area contributed by atoms with E-state index in [1.54, 1.807) is 64.1 Å². The summed E-state index contributed by atoms with van der Waals surface area (Å²) in [6.45, 7) is 7.07. The zero-order valence-corrected chi connectivity index (χ0v) is 32.2. The van der Waals surface area contributed by atoms with Crippen LogP contribution in [0.4, 0.5) is 4.79 Å². The smallest absolute Gasteiger partial charge is 0.408 e. The first-order valence-electron chi connectivity index (χ1n) is 18.2. The van der Waals surface area contributed by atoms with E-state index in [0.29, 0.717) is 41.3 Å². The molecule has 2 N–H and O–H groups in total. The number of amides is 3. The van der Waals surface area contributed by atoms with Gasteiger partial charge in [0.05, 0.1) is 24.4 Å². The van der Waals surface area contributed by atoms with Crippen LogP contribution in [0.2, 0.25) is 0 Å². The molecule has 0 bridgehead atoms. The van der Waals surface area contributed by atoms with Gasteiger partial charge in [0.25, 0.3) is 5.56 Å². The molecule has 4 aliphatic rings. The molecular weight excluding hydrogens is 719 g/mol. The average Bonchev–Trinajstić information content (AvgIpc) is 3.40. The second-order valence-corrected chi connectivity index (χ2v) is 16.7. The Bertz CT molecular complexity index is 1830. The summed E-state index contributed by atoms with van der Waals surface area (Å²) in [5.41, 5.74) is -1.03. The molecule has 0 spiro atoms. The number of hydrogen-bond donors (Lipinski definition) is 2. The number of rotatable bonds is 7. The van der Waals surface area contributed by atoms with Crippen molar-refractivity contribution in [1.82, 2.24) is 35.3 Å². The summed E-state index contributed by atoms with van der Waals surface area (Å²) in [6.07, 6.45) is 12.6. The lowest BCUT2D eigenvalue weighted by Crippen LogP contribution is -2.56. The van der Waals surface area contributed by atoms with Gasteiger partial charge in [0.15, 0.2) is 5.16 Å². The quantitative estimate of drug-likeness (QED) is 0.227. The molecule has 5 heterocycles. The number of esters is 1. The van der Waals surface area contributed by atoms with Crippen molar-refractivity contribution in [3.05, 3.63) is 58.1 Å². The molecule has 16 heteroatoms. The normalized spacial score (nSPS) is 26.9. The lowest BCUT2D eigenvalue weighted by atomic mass is 10.0. The van der Waals surface area contributed by atoms with E-state index < -0.39 is 53.1 Å². The summed E-state index contributed by atoms with van der Waals surface area (Å²) in [6, 6.07) is -1.02. The monoisotopic (exact) mass is 765 g/mol. The fourth-order valence-electron chi connectivity index (χ4n) is 7.04. The third-order valence-electron chi connectivity index (χ3n) is 9.68. The van der Waals surface area contributed by atoms with Crippen LogP contribution in [0.15, 0.2) is 57.1 Å². The average molecular weight is 766 g/mol. The number of nitrogens with zero attached hydrogens (tertiary/aromatic N) is 5. The van der Waals surface area contributed by atoms with Crippen LogP contribution in [0.5, 0.6) is 0 Å². The van der Waals surface area contributed by atoms with Crippen molar-refractivity contribution in [3.63, 3.8) is 0 Å². The van der Waals surface area contributed by atoms with Gasteiger partial charge < -0.3 is 25.0 Å². The molecule has 1 saturated carbocycles. The highest BCUT2D eigenvalue weighted by Crippen LogP contribution is 2.46. The van der Waals surface area contributed by atoms with Crippen LogP contribution in [0.1, 0.15) is 90.7 Å². The fourth-order valence-corrected chi connectivity index (χ4v) is 8.78. The van der Waals surface area contributed by atoms with Crippen LogP contribution in [0, 0.1) is 5.92 Å². The molecule has 3 amide bonds. The lowest BCUT2D eigenvalue weighted by Gasteiger charge is -2.30. The third kappa shape index (κ3) is 8.97. The molecule has 6 rings (SSSR count). The third-order valence-corrected chi connectivity index (χ3v) is 11.5. The Morgan fingerprint density at radius 1 is 1.15 bits per heavy atom. The number of carbonyl (C=O) groups excluding carboxylic acids is 4. The Kier molecular flexibility index (Phi) is 12.0. The largest absolute Gasteiger partial charge is 0.464 e. The number of thioether (sulfide) groups is 1. The Morgan fingerprint density at radius 3 is 2.66 bits per heavy atom. The molecular formula is C37H47N7O7S2. The number of fused-ring (bicyclic) bond motifs is 2. The lowest BCUT2D eigenvalue weighted by molar-refractivity contribution is -0.150. The Balaban J connectivity index is 1.37. The predicted octanol–water partition coefficient (Wildman–Crippen LogP) is 4.66. The highest BCUT2D eigenvalue weighted by atomic mass is 32.2. The molecule has 14 nitrogen and oxygen atoms in total. The molecule has 3 aliphatic heterocycles. The number of ether oxygens (including phenoxy) is 2. The Labute approximate surface area is 317 Å². The molecule has 0 radical (unpaired) electrons. The van der Waals surface area contributed by atoms with Crippen molar-refractivity contribution in [2.75, 3.05) is 18.9 Å². The summed E-state index contributed by atoms with van der Waals surface area (Å²) in [4.78, 5) is 80.3. The van der Waals surface area contributed by atoms with Gasteiger partial charge >= 0.3 is 12.1 Å². The number of nitrogens with one attached hydrogen (secondary N) is 2. The SMILES string of the molecule is CCOC(=O)[C@@]12C[C@H]1/C=C\CCCCC[C@H](NC(=O)OC(C)(C)C)C(=O)N1C[C@H](n3ncc(Sc4ncccn4)c(C4=CSCC4)c3=O)C[C@H]1C(=O)N2. The van der Waals surface area contributed by atoms with Crippen LogP contribution in [-0.4, -0.2) is 90.7 Å². The molecule has 2 aromatic rings. The van der Waals surface area contributed by atoms with Crippen molar-refractivity contribution < 1.29 is 28.7 Å². The van der Waals surface area contributed by atoms with Crippen molar-refractivity contribution in [3.8, 4) is 0 Å². The van der Waals surface area contributed by atoms with E-state index in [1.807, 2.05) is 17.6 Å². The Hall–Kier alpha value is -4.18. The molecule has 0 unspecified atom stereocenters. The van der Waals surface area contributed by atoms with Crippen LogP contribution in [0.25, 0.3) is 5.57 Å². The first-order valence-corrected chi connectivity index (χ1v) is 20.1. The van der Waals surface area contributed by atoms with Gasteiger partial charge in [-0.3, -0.25) is 14.4 Å². The number of hydrogen-bond acceptors (Lipinski definition) is 12. The minimum atomic E-state index is -1.25. The second kappa shape index (κ2) is 16.5. The topological polar surface area (TPSA) is 175 Å². The van der Waals surface area contributed by atoms with Gasteiger partial charge in [0.1, 0.15) is 23.2 Å². The summed E-state index contributed by atoms with van der Waals surface area (Å²) in [5, 5.41) is 12.8. The van der Waals surface area contributed by atoms with Gasteiger partial charge in [-0.25, -0.2) is 24.2 Å². The number of aromatic nitrogens is 4. The van der Waals surface area contributed by atoms with E-state index in [9.17, 15) is 24.0 Å². The van der Waals surface area contributed by atoms with Crippen LogP contribution < -0.4 is 16.2 Å². The summed E-state index contributed by atoms with van der Waals surface area (Å²) < 4.78 is 12.3. The molecule has 284 valence electrons. The number of allylic oxidation sites excluding steroid dienone is 2. The molecule has 5 atom stereocenters. The highest BCUT2D eigenvalue weighted by Gasteiger charge is 2.62. The standard InChI is InChI=1S/C37H47N7O7S2/c1-5-50-33(48)37-19-24(37)12-9-7-6-8-10-13-26(41-35(49)51-36(2,3)4)31(46)43-21-25(18-27(43)30(45)42-37)44-32(47)29(23-14-17-52-22-23)28(20-40-44)53-34-38-15-11-16-39-34/h9,11-12,15-16,20,22,24-27H,5-8,10,13-14,17-19,21H2,1-4H3,(H,41,49)(H,42,45)/b12-9-/t24-,25-,26+,27+,37-/m1/s1. The number of alkyl carbamates (subject to hydrolysis) is 1. The first-order chi connectivity index (χ1) is 25.4. The highest BCUT2D eigenvalue weighted by molar-refractivity contribution is 8.02. The molecule has 2 fully saturated rings. The van der Waals surface area contributed by atoms with Crippen LogP contribution in [0.3, 0.4) is 0 Å². The maximum Gasteiger partial charge on any atom is 0.408 e. The fraction of sp³-hybridized carbons (Fsp3) is 0.568. The van der Waals surface area contributed by atoms with E-state index in [4.69, 9.17) is 9.47 Å². The molecule has 1 aliphatic carbocycles. The van der Waals surface area contributed by atoms with E-state index in [-0.39, 0.29) is 31.0 Å². The van der Waals surface area contributed by atoms with E-state index in [1.165, 1.54) is 21.3 Å². The van der Waals surface area contributed by atoms with Gasteiger partial charge in [-0.1, -0.05) is 25.0 Å². The van der Waals surface area contributed by atoms with E-state index >= 15 is 0 Å². The van der Waals surface area contributed by atoms with Crippen molar-refractivity contribution in [1.29, 1.82) is 0 Å². The minimum Gasteiger partial charge on any atom is -0.464 e. The molecule has 2 aromatic heterocycles. The van der Waals surface area contributed by atoms with Gasteiger partial charge in [0, 0.05) is 41.9 Å². The van der Waals surface area contributed by atoms with Gasteiger partial charge in [0.2, 0.25) is 11.8 Å². The molecule has 0 aromatic carbocycles. The summed E-state index contributed by atoms with van der Waals surface area (Å²) in [5.74, 6) is -0.944. The van der Waals surface area contributed by atoms with Crippen molar-refractivity contribution in [2.45, 2.75) is 118 Å². The van der Waals surface area contributed by atoms with E-state index in [0.717, 1.165) is 30.6 Å². The molecule has 1 saturated heterocycles. The van der Waals surface area contributed by atoms with Crippen LogP contribution >= 0.6 is 23.5 Å². The molecule has 53 heavy (non-hydrogen) atoms. The zero-order valence-electron chi connectivity index (χ0n) is 30.5. The van der Waals surface area contributed by atoms with Crippen LogP contribution in [-0.2, 0) is 23.9 Å². The number of carbonyl (C=O) groups is 4. The maximum atomic E-state index is 14.5. The first kappa shape index (κ1) is 38.5. The van der Waals surface area contributed by atoms with E-state index in [2.05, 4.69) is 25.7 Å². The van der Waals surface area contributed by atoms with Gasteiger partial charge in [-0.15, -0.1) is 11.8 Å². The summed E-state index contributed by atoms with van der Waals surface area (Å²) >= 11 is 2.87. The minimum absolute atomic E-state index is 0.0203. The second-order valence-electron chi connectivity index (χ2n) is 14.7. The van der Waals surface area contributed by atoms with Crippen molar-refractivity contribution >= 4 is 53.0 Å². The maximum absolute atomic E-state index is 14.5. The van der Waals surface area contributed by atoms with Gasteiger partial charge in [-0.2, -0.15) is 5.10 Å². The van der Waals surface area contributed by atoms with Gasteiger partial charge in [-0.05, 0) is 88.6 Å². The Morgan fingerprint density at radius 2 is 1.94 bits per heavy atom. The predicted molar refractivity (Wildman–Crippen MR) is 200 cm³/mol.